The fourth-order valence-electron chi connectivity index (χ4n) is 4.36. The number of methoxy groups -OCH3 is 2. The first-order valence-electron chi connectivity index (χ1n) is 11.9. The Labute approximate surface area is 212 Å². The Morgan fingerprint density at radius 3 is 1.08 bits per heavy atom. The standard InChI is InChI=1S/C30H32N4O2/c1-17-9-23-10-18(2)28(32-34-30-21(5)13-26(36-8)14-22(30)6)16-24(23)15-27(17)31-33-29-19(3)11-25(35-7)12-20(29)4/h9-16H,1-8H3. The van der Waals surface area contributed by atoms with Crippen molar-refractivity contribution < 1.29 is 9.47 Å². The summed E-state index contributed by atoms with van der Waals surface area (Å²) in [5, 5.41) is 20.6. The van der Waals surface area contributed by atoms with Gasteiger partial charge >= 0.3 is 0 Å². The molecule has 0 bridgehead atoms. The van der Waals surface area contributed by atoms with Gasteiger partial charge in [-0.15, -0.1) is 10.2 Å². The van der Waals surface area contributed by atoms with Crippen LogP contribution in [0, 0.1) is 41.5 Å². The molecule has 0 aliphatic heterocycles. The first-order valence-corrected chi connectivity index (χ1v) is 11.9. The molecule has 4 aromatic rings. The summed E-state index contributed by atoms with van der Waals surface area (Å²) in [5.41, 5.74) is 9.59. The van der Waals surface area contributed by atoms with E-state index in [2.05, 4.69) is 58.6 Å². The third-order valence-corrected chi connectivity index (χ3v) is 6.39. The van der Waals surface area contributed by atoms with Gasteiger partial charge in [0.1, 0.15) is 11.5 Å². The number of nitrogens with zero attached hydrogens (tertiary/aromatic N) is 4. The van der Waals surface area contributed by atoms with E-state index in [1.807, 2.05) is 52.0 Å². The molecule has 0 aliphatic rings. The zero-order chi connectivity index (χ0) is 26.0. The maximum absolute atomic E-state index is 5.36. The first kappa shape index (κ1) is 25.0. The van der Waals surface area contributed by atoms with Crippen LogP contribution in [0.5, 0.6) is 11.5 Å². The Morgan fingerprint density at radius 2 is 0.750 bits per heavy atom. The van der Waals surface area contributed by atoms with E-state index in [9.17, 15) is 0 Å². The van der Waals surface area contributed by atoms with Gasteiger partial charge in [-0.2, -0.15) is 10.2 Å². The van der Waals surface area contributed by atoms with Crippen LogP contribution in [0.1, 0.15) is 33.4 Å². The molecule has 0 heterocycles. The van der Waals surface area contributed by atoms with Crippen molar-refractivity contribution in [3.8, 4) is 11.5 Å². The number of hydrogen-bond acceptors (Lipinski definition) is 6. The summed E-state index contributed by atoms with van der Waals surface area (Å²) in [5.74, 6) is 1.64. The molecule has 184 valence electrons. The van der Waals surface area contributed by atoms with Crippen molar-refractivity contribution in [2.75, 3.05) is 14.2 Å². The van der Waals surface area contributed by atoms with Crippen molar-refractivity contribution in [3.05, 3.63) is 81.9 Å². The maximum Gasteiger partial charge on any atom is 0.119 e. The van der Waals surface area contributed by atoms with Gasteiger partial charge in [0.15, 0.2) is 0 Å². The van der Waals surface area contributed by atoms with Gasteiger partial charge in [-0.1, -0.05) is 0 Å². The minimum Gasteiger partial charge on any atom is -0.497 e. The van der Waals surface area contributed by atoms with Crippen molar-refractivity contribution in [1.82, 2.24) is 0 Å². The van der Waals surface area contributed by atoms with Crippen molar-refractivity contribution in [2.45, 2.75) is 41.5 Å². The van der Waals surface area contributed by atoms with Crippen LogP contribution in [0.4, 0.5) is 22.7 Å². The van der Waals surface area contributed by atoms with Crippen molar-refractivity contribution >= 4 is 33.5 Å². The molecular formula is C30H32N4O2. The largest absolute Gasteiger partial charge is 0.497 e. The molecule has 0 saturated heterocycles. The fraction of sp³-hybridized carbons (Fsp3) is 0.267. The third-order valence-electron chi connectivity index (χ3n) is 6.39. The van der Waals surface area contributed by atoms with Gasteiger partial charge in [-0.25, -0.2) is 0 Å². The van der Waals surface area contributed by atoms with Crippen LogP contribution < -0.4 is 9.47 Å². The normalized spacial score (nSPS) is 11.7. The average Bonchev–Trinajstić information content (AvgIpc) is 2.83. The molecule has 6 nitrogen and oxygen atoms in total. The molecule has 0 saturated carbocycles. The van der Waals surface area contributed by atoms with Gasteiger partial charge in [0.2, 0.25) is 0 Å². The molecule has 0 unspecified atom stereocenters. The summed E-state index contributed by atoms with van der Waals surface area (Å²) in [6, 6.07) is 16.3. The molecule has 0 aliphatic carbocycles. The second-order valence-corrected chi connectivity index (χ2v) is 9.24. The lowest BCUT2D eigenvalue weighted by Crippen LogP contribution is -1.87. The van der Waals surface area contributed by atoms with E-state index in [-0.39, 0.29) is 0 Å². The number of hydrogen-bond donors (Lipinski definition) is 0. The summed E-state index contributed by atoms with van der Waals surface area (Å²) in [6.07, 6.45) is 0. The van der Waals surface area contributed by atoms with E-state index in [0.29, 0.717) is 0 Å². The van der Waals surface area contributed by atoms with Crippen LogP contribution in [-0.4, -0.2) is 14.2 Å². The SMILES string of the molecule is COc1cc(C)c(N=Nc2cc3cc(N=Nc4c(C)cc(OC)cc4C)c(C)cc3cc2C)c(C)c1. The Hall–Kier alpha value is -4.06. The summed E-state index contributed by atoms with van der Waals surface area (Å²) < 4.78 is 10.7. The summed E-state index contributed by atoms with van der Waals surface area (Å²) in [7, 11) is 3.34. The van der Waals surface area contributed by atoms with Crippen molar-refractivity contribution in [3.63, 3.8) is 0 Å². The molecule has 6 heteroatoms. The maximum atomic E-state index is 5.36. The summed E-state index contributed by atoms with van der Waals surface area (Å²) in [4.78, 5) is 0. The molecule has 0 aromatic heterocycles. The lowest BCUT2D eigenvalue weighted by atomic mass is 10.0. The number of azo groups is 2. The van der Waals surface area contributed by atoms with E-state index in [0.717, 1.165) is 78.4 Å². The quantitative estimate of drug-likeness (QED) is 0.258. The van der Waals surface area contributed by atoms with Gasteiger partial charge < -0.3 is 9.47 Å². The van der Waals surface area contributed by atoms with Gasteiger partial charge in [-0.05, 0) is 134 Å². The van der Waals surface area contributed by atoms with E-state index in [1.54, 1.807) is 14.2 Å². The highest BCUT2D eigenvalue weighted by Gasteiger charge is 2.09. The number of fused-ring (bicyclic) bond motifs is 1. The molecule has 0 atom stereocenters. The van der Waals surface area contributed by atoms with Gasteiger partial charge in [-0.3, -0.25) is 0 Å². The van der Waals surface area contributed by atoms with Crippen LogP contribution in [-0.2, 0) is 0 Å². The smallest absolute Gasteiger partial charge is 0.119 e. The second kappa shape index (κ2) is 10.3. The molecule has 0 amide bonds. The van der Waals surface area contributed by atoms with E-state index >= 15 is 0 Å². The summed E-state index contributed by atoms with van der Waals surface area (Å²) in [6.45, 7) is 12.2. The van der Waals surface area contributed by atoms with Crippen LogP contribution in [0.2, 0.25) is 0 Å². The Morgan fingerprint density at radius 1 is 0.417 bits per heavy atom. The molecule has 0 N–H and O–H groups in total. The molecule has 0 radical (unpaired) electrons. The fourth-order valence-corrected chi connectivity index (χ4v) is 4.36. The zero-order valence-electron chi connectivity index (χ0n) is 22.2. The summed E-state index contributed by atoms with van der Waals surface area (Å²) >= 11 is 0. The third kappa shape index (κ3) is 5.13. The predicted molar refractivity (Wildman–Crippen MR) is 147 cm³/mol. The predicted octanol–water partition coefficient (Wildman–Crippen LogP) is 9.54. The first-order chi connectivity index (χ1) is 17.2. The molecular weight excluding hydrogens is 448 g/mol. The highest BCUT2D eigenvalue weighted by molar-refractivity contribution is 5.90. The minimum atomic E-state index is 0.822. The van der Waals surface area contributed by atoms with Crippen LogP contribution in [0.15, 0.2) is 69.0 Å². The topological polar surface area (TPSA) is 67.9 Å². The molecule has 4 rings (SSSR count). The lowest BCUT2D eigenvalue weighted by molar-refractivity contribution is 0.414. The van der Waals surface area contributed by atoms with Gasteiger partial charge in [0, 0.05) is 0 Å². The highest BCUT2D eigenvalue weighted by Crippen LogP contribution is 2.35. The molecule has 36 heavy (non-hydrogen) atoms. The van der Waals surface area contributed by atoms with Gasteiger partial charge in [0.05, 0.1) is 37.0 Å². The van der Waals surface area contributed by atoms with Crippen LogP contribution in [0.3, 0.4) is 0 Å². The Balaban J connectivity index is 1.71. The van der Waals surface area contributed by atoms with Crippen LogP contribution in [0.25, 0.3) is 10.8 Å². The number of rotatable bonds is 6. The van der Waals surface area contributed by atoms with E-state index < -0.39 is 0 Å². The zero-order valence-corrected chi connectivity index (χ0v) is 22.2. The minimum absolute atomic E-state index is 0.822. The Bertz CT molecular complexity index is 1360. The molecule has 0 fully saturated rings. The number of benzene rings is 4. The van der Waals surface area contributed by atoms with Crippen LogP contribution >= 0.6 is 0 Å². The monoisotopic (exact) mass is 480 g/mol. The Kier molecular flexibility index (Phi) is 7.15. The number of ether oxygens (including phenoxy) is 2. The second-order valence-electron chi connectivity index (χ2n) is 9.24. The van der Waals surface area contributed by atoms with Crippen molar-refractivity contribution in [2.24, 2.45) is 20.5 Å². The van der Waals surface area contributed by atoms with E-state index in [1.165, 1.54) is 0 Å². The number of aryl methyl sites for hydroxylation is 6. The molecule has 4 aromatic carbocycles. The average molecular weight is 481 g/mol. The van der Waals surface area contributed by atoms with Crippen molar-refractivity contribution in [1.29, 1.82) is 0 Å². The highest BCUT2D eigenvalue weighted by atomic mass is 16.5. The van der Waals surface area contributed by atoms with Gasteiger partial charge in [0.25, 0.3) is 0 Å². The van der Waals surface area contributed by atoms with E-state index in [4.69, 9.17) is 9.47 Å². The molecule has 0 spiro atoms. The lowest BCUT2D eigenvalue weighted by Gasteiger charge is -2.09.